The van der Waals surface area contributed by atoms with Crippen LogP contribution in [0.1, 0.15) is 48.8 Å². The number of carbonyl (C=O) groups is 2. The lowest BCUT2D eigenvalue weighted by Gasteiger charge is -2.34. The third-order valence-electron chi connectivity index (χ3n) is 5.22. The molecule has 1 aromatic heterocycles. The Labute approximate surface area is 182 Å². The van der Waals surface area contributed by atoms with Crippen LogP contribution in [0.5, 0.6) is 5.75 Å². The number of benzene rings is 1. The van der Waals surface area contributed by atoms with Gasteiger partial charge in [-0.2, -0.15) is 0 Å². The van der Waals surface area contributed by atoms with E-state index in [1.54, 1.807) is 7.11 Å². The number of rotatable bonds is 5. The van der Waals surface area contributed by atoms with E-state index in [4.69, 9.17) is 4.74 Å². The van der Waals surface area contributed by atoms with Gasteiger partial charge in [0.2, 0.25) is 5.91 Å². The molecule has 162 valence electrons. The molecule has 1 atom stereocenters. The molecular weight excluding hydrogens is 398 g/mol. The van der Waals surface area contributed by atoms with E-state index in [2.05, 4.69) is 21.6 Å². The minimum atomic E-state index is -0.480. The number of methoxy groups -OCH3 is 1. The standard InChI is InChI=1S/C23H31N3O3S/c1-15-12-19(25-22(28)23(2,3)4)30-20(15)21(27)24-16-8-7-11-26(14-16)17-9-6-10-18(13-17)29-5/h6,9-10,12-13,16H,7-8,11,14H2,1-5H3,(H,24,27)(H,25,28). The van der Waals surface area contributed by atoms with Crippen molar-refractivity contribution in [2.75, 3.05) is 30.4 Å². The second-order valence-electron chi connectivity index (χ2n) is 8.79. The summed E-state index contributed by atoms with van der Waals surface area (Å²) in [7, 11) is 1.67. The Kier molecular flexibility index (Phi) is 6.71. The molecule has 0 spiro atoms. The molecule has 1 aromatic carbocycles. The molecule has 7 heteroatoms. The lowest BCUT2D eigenvalue weighted by atomic mass is 9.96. The summed E-state index contributed by atoms with van der Waals surface area (Å²) in [6, 6.07) is 9.96. The first-order valence-corrected chi connectivity index (χ1v) is 11.1. The number of nitrogens with zero attached hydrogens (tertiary/aromatic N) is 1. The van der Waals surface area contributed by atoms with Crippen molar-refractivity contribution in [2.24, 2.45) is 5.41 Å². The van der Waals surface area contributed by atoms with E-state index in [9.17, 15) is 9.59 Å². The molecule has 2 heterocycles. The Morgan fingerprint density at radius 2 is 2.00 bits per heavy atom. The fourth-order valence-electron chi connectivity index (χ4n) is 3.46. The van der Waals surface area contributed by atoms with Gasteiger partial charge < -0.3 is 20.3 Å². The molecule has 1 aliphatic heterocycles. The van der Waals surface area contributed by atoms with E-state index in [-0.39, 0.29) is 17.9 Å². The normalized spacial score (nSPS) is 16.8. The largest absolute Gasteiger partial charge is 0.497 e. The number of thiophene rings is 1. The molecule has 0 bridgehead atoms. The van der Waals surface area contributed by atoms with Crippen molar-refractivity contribution in [3.8, 4) is 5.75 Å². The number of nitrogens with one attached hydrogen (secondary N) is 2. The first kappa shape index (κ1) is 22.2. The highest BCUT2D eigenvalue weighted by molar-refractivity contribution is 7.18. The van der Waals surface area contributed by atoms with Gasteiger partial charge in [-0.05, 0) is 43.5 Å². The lowest BCUT2D eigenvalue weighted by Crippen LogP contribution is -2.47. The van der Waals surface area contributed by atoms with Gasteiger partial charge in [-0.15, -0.1) is 11.3 Å². The molecule has 2 amide bonds. The van der Waals surface area contributed by atoms with E-state index < -0.39 is 5.41 Å². The molecule has 1 aliphatic rings. The number of hydrogen-bond acceptors (Lipinski definition) is 5. The van der Waals surface area contributed by atoms with Crippen molar-refractivity contribution in [1.82, 2.24) is 5.32 Å². The van der Waals surface area contributed by atoms with Gasteiger partial charge in [-0.25, -0.2) is 0 Å². The number of piperidine rings is 1. The Hall–Kier alpha value is -2.54. The SMILES string of the molecule is COc1cccc(N2CCCC(NC(=O)c3sc(NC(=O)C(C)(C)C)cc3C)C2)c1. The van der Waals surface area contributed by atoms with Crippen LogP contribution >= 0.6 is 11.3 Å². The number of hydrogen-bond donors (Lipinski definition) is 2. The highest BCUT2D eigenvalue weighted by Gasteiger charge is 2.25. The van der Waals surface area contributed by atoms with E-state index in [1.165, 1.54) is 11.3 Å². The molecule has 0 aliphatic carbocycles. The minimum Gasteiger partial charge on any atom is -0.497 e. The quantitative estimate of drug-likeness (QED) is 0.737. The van der Waals surface area contributed by atoms with Crippen LogP contribution in [-0.2, 0) is 4.79 Å². The van der Waals surface area contributed by atoms with Crippen molar-refractivity contribution in [3.05, 3.63) is 40.8 Å². The summed E-state index contributed by atoms with van der Waals surface area (Å²) >= 11 is 1.33. The van der Waals surface area contributed by atoms with Crippen LogP contribution in [0.25, 0.3) is 0 Å². The molecule has 1 fully saturated rings. The Balaban J connectivity index is 1.65. The third-order valence-corrected chi connectivity index (χ3v) is 6.37. The molecule has 30 heavy (non-hydrogen) atoms. The van der Waals surface area contributed by atoms with E-state index in [0.717, 1.165) is 42.9 Å². The summed E-state index contributed by atoms with van der Waals surface area (Å²) < 4.78 is 5.33. The van der Waals surface area contributed by atoms with Crippen molar-refractivity contribution in [2.45, 2.75) is 46.6 Å². The van der Waals surface area contributed by atoms with Crippen molar-refractivity contribution in [1.29, 1.82) is 0 Å². The molecule has 1 unspecified atom stereocenters. The molecule has 0 radical (unpaired) electrons. The maximum atomic E-state index is 12.9. The highest BCUT2D eigenvalue weighted by Crippen LogP contribution is 2.29. The summed E-state index contributed by atoms with van der Waals surface area (Å²) in [5.41, 5.74) is 1.50. The van der Waals surface area contributed by atoms with Gasteiger partial charge in [0, 0.05) is 36.3 Å². The summed E-state index contributed by atoms with van der Waals surface area (Å²) in [6.07, 6.45) is 1.96. The van der Waals surface area contributed by atoms with Gasteiger partial charge in [0.25, 0.3) is 5.91 Å². The van der Waals surface area contributed by atoms with Gasteiger partial charge in [0.15, 0.2) is 0 Å². The smallest absolute Gasteiger partial charge is 0.261 e. The van der Waals surface area contributed by atoms with Crippen LogP contribution in [0.4, 0.5) is 10.7 Å². The zero-order chi connectivity index (χ0) is 21.9. The Bertz CT molecular complexity index is 917. The number of ether oxygens (including phenoxy) is 1. The van der Waals surface area contributed by atoms with Crippen LogP contribution in [0.15, 0.2) is 30.3 Å². The van der Waals surface area contributed by atoms with Crippen LogP contribution in [0.3, 0.4) is 0 Å². The van der Waals surface area contributed by atoms with Crippen LogP contribution < -0.4 is 20.3 Å². The summed E-state index contributed by atoms with van der Waals surface area (Å²) in [5, 5.41) is 6.82. The lowest BCUT2D eigenvalue weighted by molar-refractivity contribution is -0.123. The minimum absolute atomic E-state index is 0.0584. The molecule has 6 nitrogen and oxygen atoms in total. The van der Waals surface area contributed by atoms with Gasteiger partial charge in [0.05, 0.1) is 17.0 Å². The van der Waals surface area contributed by atoms with Crippen molar-refractivity contribution >= 4 is 33.8 Å². The average Bonchev–Trinajstić information content (AvgIpc) is 3.07. The van der Waals surface area contributed by atoms with Crippen LogP contribution in [-0.4, -0.2) is 38.1 Å². The Morgan fingerprint density at radius 3 is 2.70 bits per heavy atom. The van der Waals surface area contributed by atoms with Gasteiger partial charge in [0.1, 0.15) is 5.75 Å². The topological polar surface area (TPSA) is 70.7 Å². The third kappa shape index (κ3) is 5.33. The second-order valence-corrected chi connectivity index (χ2v) is 9.84. The molecular formula is C23H31N3O3S. The van der Waals surface area contributed by atoms with Gasteiger partial charge in [-0.3, -0.25) is 9.59 Å². The van der Waals surface area contributed by atoms with E-state index >= 15 is 0 Å². The number of anilines is 2. The number of aryl methyl sites for hydroxylation is 1. The monoisotopic (exact) mass is 429 g/mol. The van der Waals surface area contributed by atoms with Crippen molar-refractivity contribution < 1.29 is 14.3 Å². The predicted octanol–water partition coefficient (Wildman–Crippen LogP) is 4.45. The molecule has 0 saturated carbocycles. The molecule has 3 rings (SSSR count). The zero-order valence-corrected chi connectivity index (χ0v) is 19.2. The van der Waals surface area contributed by atoms with E-state index in [1.807, 2.05) is 52.0 Å². The highest BCUT2D eigenvalue weighted by atomic mass is 32.1. The van der Waals surface area contributed by atoms with Crippen LogP contribution in [0.2, 0.25) is 0 Å². The fourth-order valence-corrected chi connectivity index (χ4v) is 4.43. The maximum absolute atomic E-state index is 12.9. The summed E-state index contributed by atoms with van der Waals surface area (Å²) in [4.78, 5) is 28.1. The number of amides is 2. The maximum Gasteiger partial charge on any atom is 0.261 e. The molecule has 1 saturated heterocycles. The van der Waals surface area contributed by atoms with Crippen molar-refractivity contribution in [3.63, 3.8) is 0 Å². The number of carbonyl (C=O) groups excluding carboxylic acids is 2. The Morgan fingerprint density at radius 1 is 1.23 bits per heavy atom. The second kappa shape index (κ2) is 9.08. The van der Waals surface area contributed by atoms with Gasteiger partial charge in [-0.1, -0.05) is 26.8 Å². The molecule has 2 aromatic rings. The zero-order valence-electron chi connectivity index (χ0n) is 18.4. The first-order chi connectivity index (χ1) is 14.2. The van der Waals surface area contributed by atoms with E-state index in [0.29, 0.717) is 9.88 Å². The van der Waals surface area contributed by atoms with Gasteiger partial charge >= 0.3 is 0 Å². The van der Waals surface area contributed by atoms with Crippen LogP contribution in [0, 0.1) is 12.3 Å². The first-order valence-electron chi connectivity index (χ1n) is 10.3. The summed E-state index contributed by atoms with van der Waals surface area (Å²) in [6.45, 7) is 9.23. The average molecular weight is 430 g/mol. The fraction of sp³-hybridized carbons (Fsp3) is 0.478. The predicted molar refractivity (Wildman–Crippen MR) is 123 cm³/mol. The summed E-state index contributed by atoms with van der Waals surface area (Å²) in [5.74, 6) is 0.695. The molecule has 2 N–H and O–H groups in total.